The van der Waals surface area contributed by atoms with Gasteiger partial charge in [-0.1, -0.05) is 11.4 Å². The molecule has 1 fully saturated rings. The minimum atomic E-state index is -0.531. The van der Waals surface area contributed by atoms with Crippen LogP contribution in [0.1, 0.15) is 45.1 Å². The molecule has 3 heterocycles. The number of aromatic nitrogens is 4. The van der Waals surface area contributed by atoms with Crippen LogP contribution >= 0.6 is 0 Å². The number of carbonyl (C=O) groups is 1. The second-order valence-corrected chi connectivity index (χ2v) is 8.46. The fourth-order valence-electron chi connectivity index (χ4n) is 3.82. The van der Waals surface area contributed by atoms with Gasteiger partial charge in [-0.15, -0.1) is 4.74 Å². The Hall–Kier alpha value is -3.17. The Kier molecular flexibility index (Phi) is 5.08. The van der Waals surface area contributed by atoms with Crippen LogP contribution in [0.15, 0.2) is 33.7 Å². The molecule has 9 nitrogen and oxygen atoms in total. The molecule has 1 aliphatic heterocycles. The number of fused-ring (bicyclic) bond motifs is 1. The molecule has 1 amide bonds. The van der Waals surface area contributed by atoms with Crippen molar-refractivity contribution in [1.82, 2.24) is 24.7 Å². The Labute approximate surface area is 172 Å². The van der Waals surface area contributed by atoms with Crippen LogP contribution < -0.4 is 0 Å². The van der Waals surface area contributed by atoms with Crippen LogP contribution in [0.2, 0.25) is 0 Å². The predicted molar refractivity (Wildman–Crippen MR) is 106 cm³/mol. The van der Waals surface area contributed by atoms with Gasteiger partial charge in [-0.25, -0.2) is 9.18 Å². The number of aryl methyl sites for hydroxylation is 1. The van der Waals surface area contributed by atoms with Gasteiger partial charge in [0.1, 0.15) is 17.4 Å². The highest BCUT2D eigenvalue weighted by Crippen LogP contribution is 2.34. The first-order valence-corrected chi connectivity index (χ1v) is 9.91. The van der Waals surface area contributed by atoms with E-state index >= 15 is 4.39 Å². The number of amides is 1. The Morgan fingerprint density at radius 3 is 2.67 bits per heavy atom. The highest BCUT2D eigenvalue weighted by atomic mass is 19.1. The number of aromatic amines is 1. The molecule has 0 radical (unpaired) electrons. The molecule has 1 N–H and O–H groups in total. The van der Waals surface area contributed by atoms with Crippen molar-refractivity contribution in [3.63, 3.8) is 0 Å². The summed E-state index contributed by atoms with van der Waals surface area (Å²) in [5.41, 5.74) is 0.509. The first-order chi connectivity index (χ1) is 14.2. The van der Waals surface area contributed by atoms with Gasteiger partial charge in [0.25, 0.3) is 0 Å². The zero-order valence-corrected chi connectivity index (χ0v) is 17.5. The van der Waals surface area contributed by atoms with Crippen LogP contribution in [-0.4, -0.2) is 49.5 Å². The molecule has 0 saturated carbocycles. The average Bonchev–Trinajstić information content (AvgIpc) is 3.05. The minimum absolute atomic E-state index is 0.0210. The fraction of sp³-hybridized carbons (Fsp3) is 0.500. The summed E-state index contributed by atoms with van der Waals surface area (Å²) in [6.07, 6.45) is 3.96. The van der Waals surface area contributed by atoms with E-state index in [4.69, 9.17) is 13.9 Å². The maximum Gasteiger partial charge on any atom is 0.410 e. The van der Waals surface area contributed by atoms with Crippen molar-refractivity contribution in [2.45, 2.75) is 45.1 Å². The third-order valence-corrected chi connectivity index (χ3v) is 5.20. The second kappa shape index (κ2) is 7.58. The normalized spacial score (nSPS) is 15.6. The van der Waals surface area contributed by atoms with Gasteiger partial charge >= 0.3 is 6.09 Å². The first-order valence-electron chi connectivity index (χ1n) is 9.91. The maximum absolute atomic E-state index is 15.5. The summed E-state index contributed by atoms with van der Waals surface area (Å²) in [7, 11) is 1.70. The number of piperidine rings is 1. The highest BCUT2D eigenvalue weighted by molar-refractivity contribution is 5.87. The van der Waals surface area contributed by atoms with Gasteiger partial charge in [-0.2, -0.15) is 5.10 Å². The third-order valence-electron chi connectivity index (χ3n) is 5.20. The van der Waals surface area contributed by atoms with E-state index in [2.05, 4.69) is 10.4 Å². The molecule has 1 aromatic carbocycles. The van der Waals surface area contributed by atoms with Crippen molar-refractivity contribution in [1.29, 1.82) is 0 Å². The molecule has 0 spiro atoms. The number of likely N-dealkylation sites (tertiary alicyclic amines) is 1. The molecule has 0 unspecified atom stereocenters. The molecule has 1 aliphatic rings. The van der Waals surface area contributed by atoms with E-state index in [1.165, 1.54) is 21.9 Å². The lowest BCUT2D eigenvalue weighted by atomic mass is 9.88. The standard InChI is InChI=1S/C20H26FN5O4/c1-20(2,3)29-19(27)25-9-7-13(8-10-25)14-5-6-15-17(16(14)21)24(4)22-18(15)26-11-12-28-23-30-26/h5-6,11-13,23H,7-10H2,1-4H3. The molecule has 30 heavy (non-hydrogen) atoms. The summed E-state index contributed by atoms with van der Waals surface area (Å²) in [6, 6.07) is 3.65. The van der Waals surface area contributed by atoms with Gasteiger partial charge < -0.3 is 14.2 Å². The van der Waals surface area contributed by atoms with Crippen LogP contribution in [0.3, 0.4) is 0 Å². The molecule has 0 bridgehead atoms. The maximum atomic E-state index is 15.5. The van der Waals surface area contributed by atoms with E-state index in [1.54, 1.807) is 18.0 Å². The first kappa shape index (κ1) is 20.1. The number of halogens is 1. The molecule has 3 aromatic rings. The Bertz CT molecular complexity index is 1070. The summed E-state index contributed by atoms with van der Waals surface area (Å²) in [5, 5.41) is 7.28. The summed E-state index contributed by atoms with van der Waals surface area (Å²) in [5.74, 6) is 0.173. The van der Waals surface area contributed by atoms with Crippen LogP contribution in [0.25, 0.3) is 16.7 Å². The van der Waals surface area contributed by atoms with Crippen LogP contribution in [0.4, 0.5) is 9.18 Å². The highest BCUT2D eigenvalue weighted by Gasteiger charge is 2.29. The molecule has 0 aliphatic carbocycles. The van der Waals surface area contributed by atoms with Crippen LogP contribution in [0, 0.1) is 5.82 Å². The number of benzene rings is 1. The average molecular weight is 419 g/mol. The lowest BCUT2D eigenvalue weighted by molar-refractivity contribution is 0.0204. The van der Waals surface area contributed by atoms with Crippen molar-refractivity contribution in [2.75, 3.05) is 13.1 Å². The number of ether oxygens (including phenoxy) is 1. The van der Waals surface area contributed by atoms with E-state index in [1.807, 2.05) is 26.8 Å². The zero-order chi connectivity index (χ0) is 21.5. The minimum Gasteiger partial charge on any atom is -0.444 e. The molecular weight excluding hydrogens is 393 g/mol. The number of rotatable bonds is 2. The van der Waals surface area contributed by atoms with Crippen LogP contribution in [-0.2, 0) is 11.8 Å². The summed E-state index contributed by atoms with van der Waals surface area (Å²) in [4.78, 5) is 14.0. The van der Waals surface area contributed by atoms with Gasteiger partial charge in [0.15, 0.2) is 5.82 Å². The summed E-state index contributed by atoms with van der Waals surface area (Å²) >= 11 is 0. The molecule has 10 heteroatoms. The van der Waals surface area contributed by atoms with Gasteiger partial charge in [-0.05, 0) is 51.2 Å². The number of nitrogens with one attached hydrogen (secondary N) is 1. The molecule has 162 valence electrons. The fourth-order valence-corrected chi connectivity index (χ4v) is 3.82. The van der Waals surface area contributed by atoms with Crippen molar-refractivity contribution in [2.24, 2.45) is 7.05 Å². The Morgan fingerprint density at radius 1 is 1.30 bits per heavy atom. The molecular formula is C20H26FN5O4. The van der Waals surface area contributed by atoms with Crippen LogP contribution in [0.5, 0.6) is 0 Å². The van der Waals surface area contributed by atoms with E-state index in [9.17, 15) is 4.79 Å². The quantitative estimate of drug-likeness (QED) is 0.670. The zero-order valence-electron chi connectivity index (χ0n) is 17.5. The van der Waals surface area contributed by atoms with Gasteiger partial charge in [0, 0.05) is 20.1 Å². The van der Waals surface area contributed by atoms with Gasteiger partial charge in [0.05, 0.1) is 11.6 Å². The molecule has 4 rings (SSSR count). The van der Waals surface area contributed by atoms with Crippen molar-refractivity contribution in [3.05, 3.63) is 36.0 Å². The second-order valence-electron chi connectivity index (χ2n) is 8.46. The number of nitrogens with zero attached hydrogens (tertiary/aromatic N) is 4. The lowest BCUT2D eigenvalue weighted by Gasteiger charge is -2.33. The Morgan fingerprint density at radius 2 is 2.03 bits per heavy atom. The number of hydrogen-bond acceptors (Lipinski definition) is 5. The largest absolute Gasteiger partial charge is 0.444 e. The van der Waals surface area contributed by atoms with E-state index < -0.39 is 5.60 Å². The monoisotopic (exact) mass is 419 g/mol. The SMILES string of the molecule is Cn1nc(-n2cco[nH]o2)c2ccc(C3CCN(C(=O)OC(C)(C)C)CC3)c(F)c21. The van der Waals surface area contributed by atoms with Crippen molar-refractivity contribution < 1.29 is 23.1 Å². The lowest BCUT2D eigenvalue weighted by Crippen LogP contribution is -2.41. The summed E-state index contributed by atoms with van der Waals surface area (Å²) in [6.45, 7) is 6.60. The van der Waals surface area contributed by atoms with E-state index in [0.717, 1.165) is 0 Å². The predicted octanol–water partition coefficient (Wildman–Crippen LogP) is 4.26. The van der Waals surface area contributed by atoms with Gasteiger partial charge in [-0.3, -0.25) is 9.31 Å². The van der Waals surface area contributed by atoms with Gasteiger partial charge in [0.2, 0.25) is 5.82 Å². The molecule has 2 aromatic heterocycles. The summed E-state index contributed by atoms with van der Waals surface area (Å²) < 4.78 is 33.7. The molecule has 0 atom stereocenters. The van der Waals surface area contributed by atoms with E-state index in [-0.39, 0.29) is 17.8 Å². The topological polar surface area (TPSA) is 94.4 Å². The smallest absolute Gasteiger partial charge is 0.410 e. The van der Waals surface area contributed by atoms with Crippen molar-refractivity contribution in [3.8, 4) is 5.82 Å². The molecule has 1 saturated heterocycles. The van der Waals surface area contributed by atoms with Crippen molar-refractivity contribution >= 4 is 17.0 Å². The number of H-pyrrole nitrogens is 1. The third kappa shape index (κ3) is 3.81. The Balaban J connectivity index is 1.57. The van der Waals surface area contributed by atoms with E-state index in [0.29, 0.717) is 48.2 Å². The number of hydrogen-bond donors (Lipinski definition) is 1. The number of carbonyl (C=O) groups excluding carboxylic acids is 1.